The second-order valence-electron chi connectivity index (χ2n) is 6.41. The number of hydrogen-bond acceptors (Lipinski definition) is 4. The lowest BCUT2D eigenvalue weighted by molar-refractivity contribution is -0.136. The standard InChI is InChI=1S/C17H21FN4O2/c18-12-3-4-13-14(10-12)20-17(19-13)15-2-1-5-22(15)11-16(23)21-6-8-24-9-7-21/h3-4,10,15H,1-2,5-9,11H2,(H,19,20). The highest BCUT2D eigenvalue weighted by Gasteiger charge is 2.31. The lowest BCUT2D eigenvalue weighted by Crippen LogP contribution is -2.45. The van der Waals surface area contributed by atoms with Crippen LogP contribution >= 0.6 is 0 Å². The molecule has 0 bridgehead atoms. The largest absolute Gasteiger partial charge is 0.378 e. The summed E-state index contributed by atoms with van der Waals surface area (Å²) in [5.41, 5.74) is 1.47. The molecule has 2 saturated heterocycles. The minimum Gasteiger partial charge on any atom is -0.378 e. The van der Waals surface area contributed by atoms with Crippen molar-refractivity contribution in [1.29, 1.82) is 0 Å². The second-order valence-corrected chi connectivity index (χ2v) is 6.41. The Morgan fingerprint density at radius 2 is 2.17 bits per heavy atom. The monoisotopic (exact) mass is 332 g/mol. The van der Waals surface area contributed by atoms with E-state index in [4.69, 9.17) is 4.74 Å². The van der Waals surface area contributed by atoms with E-state index in [1.165, 1.54) is 12.1 Å². The third-order valence-electron chi connectivity index (χ3n) is 4.84. The number of hydrogen-bond donors (Lipinski definition) is 1. The number of amides is 1. The van der Waals surface area contributed by atoms with Crippen molar-refractivity contribution in [2.24, 2.45) is 0 Å². The molecule has 1 N–H and O–H groups in total. The summed E-state index contributed by atoms with van der Waals surface area (Å²) in [6.45, 7) is 3.85. The Kier molecular flexibility index (Phi) is 4.20. The van der Waals surface area contributed by atoms with Gasteiger partial charge in [0.1, 0.15) is 11.6 Å². The summed E-state index contributed by atoms with van der Waals surface area (Å²) < 4.78 is 18.7. The average molecular weight is 332 g/mol. The van der Waals surface area contributed by atoms with Gasteiger partial charge in [0.15, 0.2) is 0 Å². The van der Waals surface area contributed by atoms with E-state index in [1.54, 1.807) is 6.07 Å². The molecule has 2 aliphatic heterocycles. The third kappa shape index (κ3) is 3.01. The molecule has 3 heterocycles. The number of rotatable bonds is 3. The number of benzene rings is 1. The number of carbonyl (C=O) groups excluding carboxylic acids is 1. The predicted molar refractivity (Wildman–Crippen MR) is 87.0 cm³/mol. The van der Waals surface area contributed by atoms with Crippen LogP contribution in [0.25, 0.3) is 11.0 Å². The zero-order valence-corrected chi connectivity index (χ0v) is 13.5. The number of fused-ring (bicyclic) bond motifs is 1. The van der Waals surface area contributed by atoms with Crippen molar-refractivity contribution in [1.82, 2.24) is 19.8 Å². The molecule has 6 nitrogen and oxygen atoms in total. The number of aromatic amines is 1. The van der Waals surface area contributed by atoms with Crippen LogP contribution in [0.3, 0.4) is 0 Å². The predicted octanol–water partition coefficient (Wildman–Crippen LogP) is 1.70. The van der Waals surface area contributed by atoms with E-state index in [0.29, 0.717) is 38.4 Å². The Balaban J connectivity index is 1.50. The molecule has 1 unspecified atom stereocenters. The Hall–Kier alpha value is -1.99. The number of H-pyrrole nitrogens is 1. The summed E-state index contributed by atoms with van der Waals surface area (Å²) >= 11 is 0. The first-order valence-electron chi connectivity index (χ1n) is 8.45. The molecule has 2 aromatic rings. The number of nitrogens with zero attached hydrogens (tertiary/aromatic N) is 3. The number of morpholine rings is 1. The normalized spacial score (nSPS) is 22.4. The molecular formula is C17H21FN4O2. The van der Waals surface area contributed by atoms with Crippen LogP contribution in [0.1, 0.15) is 24.7 Å². The summed E-state index contributed by atoms with van der Waals surface area (Å²) in [7, 11) is 0. The molecule has 1 aromatic heterocycles. The maximum Gasteiger partial charge on any atom is 0.236 e. The van der Waals surface area contributed by atoms with E-state index >= 15 is 0 Å². The van der Waals surface area contributed by atoms with Crippen LogP contribution in [0.2, 0.25) is 0 Å². The number of nitrogens with one attached hydrogen (secondary N) is 1. The van der Waals surface area contributed by atoms with Crippen LogP contribution in [0, 0.1) is 5.82 Å². The van der Waals surface area contributed by atoms with Crippen LogP contribution < -0.4 is 0 Å². The number of likely N-dealkylation sites (tertiary alicyclic amines) is 1. The number of imidazole rings is 1. The molecule has 7 heteroatoms. The molecule has 2 aliphatic rings. The molecule has 0 radical (unpaired) electrons. The topological polar surface area (TPSA) is 61.5 Å². The summed E-state index contributed by atoms with van der Waals surface area (Å²) in [5, 5.41) is 0. The van der Waals surface area contributed by atoms with Gasteiger partial charge in [0.25, 0.3) is 0 Å². The van der Waals surface area contributed by atoms with Crippen LogP contribution in [0.4, 0.5) is 4.39 Å². The van der Waals surface area contributed by atoms with Crippen molar-refractivity contribution in [2.75, 3.05) is 39.4 Å². The second kappa shape index (κ2) is 6.49. The molecule has 0 saturated carbocycles. The molecule has 4 rings (SSSR count). The maximum atomic E-state index is 13.4. The lowest BCUT2D eigenvalue weighted by atomic mass is 10.2. The SMILES string of the molecule is O=C(CN1CCCC1c1nc2ccc(F)cc2[nH]1)N1CCOCC1. The fourth-order valence-corrected chi connectivity index (χ4v) is 3.57. The van der Waals surface area contributed by atoms with Gasteiger partial charge in [-0.25, -0.2) is 9.37 Å². The van der Waals surface area contributed by atoms with Crippen molar-refractivity contribution in [3.8, 4) is 0 Å². The molecule has 1 atom stereocenters. The number of ether oxygens (including phenoxy) is 1. The van der Waals surface area contributed by atoms with Gasteiger partial charge in [-0.3, -0.25) is 9.69 Å². The summed E-state index contributed by atoms with van der Waals surface area (Å²) in [5.74, 6) is 0.693. The van der Waals surface area contributed by atoms with E-state index in [1.807, 2.05) is 4.90 Å². The molecule has 0 spiro atoms. The first-order chi connectivity index (χ1) is 11.7. The Morgan fingerprint density at radius 1 is 1.33 bits per heavy atom. The van der Waals surface area contributed by atoms with E-state index in [9.17, 15) is 9.18 Å². The average Bonchev–Trinajstić information content (AvgIpc) is 3.21. The van der Waals surface area contributed by atoms with Gasteiger partial charge in [-0.05, 0) is 37.6 Å². The van der Waals surface area contributed by atoms with E-state index in [0.717, 1.165) is 30.7 Å². The first kappa shape index (κ1) is 15.5. The van der Waals surface area contributed by atoms with Crippen molar-refractivity contribution < 1.29 is 13.9 Å². The number of aromatic nitrogens is 2. The molecule has 1 aromatic carbocycles. The first-order valence-corrected chi connectivity index (χ1v) is 8.45. The highest BCUT2D eigenvalue weighted by Crippen LogP contribution is 2.31. The van der Waals surface area contributed by atoms with Gasteiger partial charge in [0.2, 0.25) is 5.91 Å². The molecule has 1 amide bonds. The van der Waals surface area contributed by atoms with Crippen molar-refractivity contribution in [3.05, 3.63) is 29.8 Å². The Labute approximate surface area is 139 Å². The summed E-state index contributed by atoms with van der Waals surface area (Å²) in [6, 6.07) is 4.65. The van der Waals surface area contributed by atoms with Gasteiger partial charge in [-0.1, -0.05) is 0 Å². The van der Waals surface area contributed by atoms with Gasteiger partial charge in [0, 0.05) is 13.1 Å². The van der Waals surface area contributed by atoms with Gasteiger partial charge in [0.05, 0.1) is 36.8 Å². The maximum absolute atomic E-state index is 13.4. The van der Waals surface area contributed by atoms with E-state index < -0.39 is 0 Å². The third-order valence-corrected chi connectivity index (χ3v) is 4.84. The van der Waals surface area contributed by atoms with Gasteiger partial charge in [-0.2, -0.15) is 0 Å². The summed E-state index contributed by atoms with van der Waals surface area (Å²) in [6.07, 6.45) is 1.99. The fraction of sp³-hybridized carbons (Fsp3) is 0.529. The van der Waals surface area contributed by atoms with Crippen molar-refractivity contribution >= 4 is 16.9 Å². The Bertz CT molecular complexity index is 741. The van der Waals surface area contributed by atoms with Crippen molar-refractivity contribution in [2.45, 2.75) is 18.9 Å². The lowest BCUT2D eigenvalue weighted by Gasteiger charge is -2.30. The Morgan fingerprint density at radius 3 is 3.00 bits per heavy atom. The molecular weight excluding hydrogens is 311 g/mol. The highest BCUT2D eigenvalue weighted by atomic mass is 19.1. The van der Waals surface area contributed by atoms with Crippen LogP contribution in [-0.4, -0.2) is 65.1 Å². The summed E-state index contributed by atoms with van der Waals surface area (Å²) in [4.78, 5) is 24.4. The quantitative estimate of drug-likeness (QED) is 0.929. The van der Waals surface area contributed by atoms with Gasteiger partial charge < -0.3 is 14.6 Å². The zero-order valence-electron chi connectivity index (χ0n) is 13.5. The molecule has 24 heavy (non-hydrogen) atoms. The minimum atomic E-state index is -0.275. The zero-order chi connectivity index (χ0) is 16.5. The van der Waals surface area contributed by atoms with E-state index in [2.05, 4.69) is 14.9 Å². The van der Waals surface area contributed by atoms with Crippen molar-refractivity contribution in [3.63, 3.8) is 0 Å². The van der Waals surface area contributed by atoms with Crippen LogP contribution in [0.15, 0.2) is 18.2 Å². The molecule has 0 aliphatic carbocycles. The van der Waals surface area contributed by atoms with Gasteiger partial charge >= 0.3 is 0 Å². The van der Waals surface area contributed by atoms with Crippen LogP contribution in [-0.2, 0) is 9.53 Å². The van der Waals surface area contributed by atoms with Crippen LogP contribution in [0.5, 0.6) is 0 Å². The van der Waals surface area contributed by atoms with Gasteiger partial charge in [-0.15, -0.1) is 0 Å². The molecule has 2 fully saturated rings. The highest BCUT2D eigenvalue weighted by molar-refractivity contribution is 5.78. The number of halogens is 1. The minimum absolute atomic E-state index is 0.0884. The van der Waals surface area contributed by atoms with E-state index in [-0.39, 0.29) is 17.8 Å². The molecule has 128 valence electrons. The number of carbonyl (C=O) groups is 1. The fourth-order valence-electron chi connectivity index (χ4n) is 3.57. The smallest absolute Gasteiger partial charge is 0.236 e.